The van der Waals surface area contributed by atoms with Crippen molar-refractivity contribution in [1.29, 1.82) is 0 Å². The SMILES string of the molecule is CN(C)CCN(C)C(=O)[C@@H](N)Cc1ccccc1. The Morgan fingerprint density at radius 1 is 1.17 bits per heavy atom. The Morgan fingerprint density at radius 2 is 1.78 bits per heavy atom. The maximum Gasteiger partial charge on any atom is 0.239 e. The van der Waals surface area contributed by atoms with Gasteiger partial charge in [0.05, 0.1) is 6.04 Å². The minimum atomic E-state index is -0.459. The zero-order chi connectivity index (χ0) is 13.5. The topological polar surface area (TPSA) is 49.6 Å². The lowest BCUT2D eigenvalue weighted by atomic mass is 10.1. The number of likely N-dealkylation sites (N-methyl/N-ethyl adjacent to an activating group) is 2. The van der Waals surface area contributed by atoms with Crippen LogP contribution < -0.4 is 5.73 Å². The lowest BCUT2D eigenvalue weighted by Gasteiger charge is -2.23. The summed E-state index contributed by atoms with van der Waals surface area (Å²) in [6.07, 6.45) is 0.589. The van der Waals surface area contributed by atoms with Crippen LogP contribution in [0, 0.1) is 0 Å². The minimum absolute atomic E-state index is 0.000651. The number of nitrogens with zero attached hydrogens (tertiary/aromatic N) is 2. The molecule has 0 heterocycles. The summed E-state index contributed by atoms with van der Waals surface area (Å²) < 4.78 is 0. The van der Waals surface area contributed by atoms with Crippen molar-refractivity contribution in [2.75, 3.05) is 34.2 Å². The van der Waals surface area contributed by atoms with Gasteiger partial charge in [-0.3, -0.25) is 4.79 Å². The van der Waals surface area contributed by atoms with E-state index in [1.807, 2.05) is 49.3 Å². The van der Waals surface area contributed by atoms with Crippen LogP contribution in [0.2, 0.25) is 0 Å². The Hall–Kier alpha value is -1.39. The van der Waals surface area contributed by atoms with Gasteiger partial charge in [0, 0.05) is 20.1 Å². The van der Waals surface area contributed by atoms with Gasteiger partial charge in [0.1, 0.15) is 0 Å². The van der Waals surface area contributed by atoms with Crippen molar-refractivity contribution in [2.24, 2.45) is 5.73 Å². The average Bonchev–Trinajstić information content (AvgIpc) is 2.36. The van der Waals surface area contributed by atoms with Gasteiger partial charge in [-0.15, -0.1) is 0 Å². The first-order chi connectivity index (χ1) is 8.50. The van der Waals surface area contributed by atoms with Gasteiger partial charge in [-0.05, 0) is 26.1 Å². The van der Waals surface area contributed by atoms with Gasteiger partial charge in [0.25, 0.3) is 0 Å². The van der Waals surface area contributed by atoms with Crippen LogP contribution in [0.4, 0.5) is 0 Å². The second kappa shape index (κ2) is 7.13. The molecule has 18 heavy (non-hydrogen) atoms. The van der Waals surface area contributed by atoms with Crippen molar-refractivity contribution in [1.82, 2.24) is 9.80 Å². The molecule has 0 aromatic heterocycles. The van der Waals surface area contributed by atoms with Crippen LogP contribution in [0.3, 0.4) is 0 Å². The Kier molecular flexibility index (Phi) is 5.82. The number of amides is 1. The monoisotopic (exact) mass is 249 g/mol. The second-order valence-corrected chi connectivity index (χ2v) is 4.86. The molecule has 2 N–H and O–H groups in total. The predicted molar refractivity (Wildman–Crippen MR) is 74.3 cm³/mol. The molecular weight excluding hydrogens is 226 g/mol. The fourth-order valence-corrected chi connectivity index (χ4v) is 1.70. The van der Waals surface area contributed by atoms with E-state index in [2.05, 4.69) is 0 Å². The number of carbonyl (C=O) groups excluding carboxylic acids is 1. The van der Waals surface area contributed by atoms with E-state index in [-0.39, 0.29) is 5.91 Å². The fraction of sp³-hybridized carbons (Fsp3) is 0.500. The van der Waals surface area contributed by atoms with Gasteiger partial charge in [0.15, 0.2) is 0 Å². The summed E-state index contributed by atoms with van der Waals surface area (Å²) in [7, 11) is 5.78. The zero-order valence-corrected chi connectivity index (χ0v) is 11.5. The first-order valence-electron chi connectivity index (χ1n) is 6.20. The first-order valence-corrected chi connectivity index (χ1v) is 6.20. The minimum Gasteiger partial charge on any atom is -0.343 e. The summed E-state index contributed by atoms with van der Waals surface area (Å²) in [6, 6.07) is 9.41. The van der Waals surface area contributed by atoms with E-state index in [0.29, 0.717) is 13.0 Å². The molecule has 0 aliphatic rings. The molecule has 0 spiro atoms. The van der Waals surface area contributed by atoms with E-state index in [1.165, 1.54) is 0 Å². The first kappa shape index (κ1) is 14.7. The lowest BCUT2D eigenvalue weighted by Crippen LogP contribution is -2.45. The third-order valence-electron chi connectivity index (χ3n) is 2.87. The van der Waals surface area contributed by atoms with Crippen molar-refractivity contribution in [3.8, 4) is 0 Å². The molecule has 0 aliphatic heterocycles. The molecule has 0 saturated carbocycles. The highest BCUT2D eigenvalue weighted by Gasteiger charge is 2.18. The zero-order valence-electron chi connectivity index (χ0n) is 11.5. The van der Waals surface area contributed by atoms with Gasteiger partial charge < -0.3 is 15.5 Å². The molecule has 0 fully saturated rings. The number of benzene rings is 1. The maximum atomic E-state index is 12.0. The summed E-state index contributed by atoms with van der Waals surface area (Å²) in [5, 5.41) is 0. The molecule has 0 radical (unpaired) electrons. The third kappa shape index (κ3) is 4.85. The van der Waals surface area contributed by atoms with E-state index in [9.17, 15) is 4.79 Å². The summed E-state index contributed by atoms with van der Waals surface area (Å²) in [6.45, 7) is 1.55. The Morgan fingerprint density at radius 3 is 2.33 bits per heavy atom. The highest BCUT2D eigenvalue weighted by Crippen LogP contribution is 2.03. The quantitative estimate of drug-likeness (QED) is 0.802. The number of hydrogen-bond acceptors (Lipinski definition) is 3. The molecule has 1 amide bonds. The van der Waals surface area contributed by atoms with Crippen LogP contribution in [0.25, 0.3) is 0 Å². The van der Waals surface area contributed by atoms with Crippen LogP contribution in [-0.4, -0.2) is 56.0 Å². The van der Waals surface area contributed by atoms with E-state index < -0.39 is 6.04 Å². The number of carbonyl (C=O) groups is 1. The van der Waals surface area contributed by atoms with Gasteiger partial charge in [-0.1, -0.05) is 30.3 Å². The van der Waals surface area contributed by atoms with E-state index in [1.54, 1.807) is 11.9 Å². The fourth-order valence-electron chi connectivity index (χ4n) is 1.70. The van der Waals surface area contributed by atoms with E-state index >= 15 is 0 Å². The van der Waals surface area contributed by atoms with Crippen molar-refractivity contribution < 1.29 is 4.79 Å². The average molecular weight is 249 g/mol. The van der Waals surface area contributed by atoms with Crippen molar-refractivity contribution in [3.05, 3.63) is 35.9 Å². The number of hydrogen-bond donors (Lipinski definition) is 1. The van der Waals surface area contributed by atoms with Gasteiger partial charge in [-0.25, -0.2) is 0 Å². The predicted octanol–water partition coefficient (Wildman–Crippen LogP) is 0.576. The molecule has 100 valence electrons. The molecule has 1 rings (SSSR count). The third-order valence-corrected chi connectivity index (χ3v) is 2.87. The van der Waals surface area contributed by atoms with Crippen molar-refractivity contribution in [3.63, 3.8) is 0 Å². The van der Waals surface area contributed by atoms with Crippen LogP contribution in [0.5, 0.6) is 0 Å². The molecular formula is C14H23N3O. The molecule has 4 heteroatoms. The van der Waals surface area contributed by atoms with Gasteiger partial charge in [0.2, 0.25) is 5.91 Å². The van der Waals surface area contributed by atoms with Crippen LogP contribution >= 0.6 is 0 Å². The highest BCUT2D eigenvalue weighted by molar-refractivity contribution is 5.81. The number of nitrogens with two attached hydrogens (primary N) is 1. The number of rotatable bonds is 6. The second-order valence-electron chi connectivity index (χ2n) is 4.86. The molecule has 1 atom stereocenters. The normalized spacial score (nSPS) is 12.5. The molecule has 1 aromatic rings. The van der Waals surface area contributed by atoms with E-state index in [0.717, 1.165) is 12.1 Å². The van der Waals surface area contributed by atoms with Crippen LogP contribution in [-0.2, 0) is 11.2 Å². The molecule has 4 nitrogen and oxygen atoms in total. The Bertz CT molecular complexity index is 365. The Labute approximate surface area is 109 Å². The van der Waals surface area contributed by atoms with Crippen molar-refractivity contribution >= 4 is 5.91 Å². The van der Waals surface area contributed by atoms with Crippen LogP contribution in [0.15, 0.2) is 30.3 Å². The standard InChI is InChI=1S/C14H23N3O/c1-16(2)9-10-17(3)14(18)13(15)11-12-7-5-4-6-8-12/h4-8,13H,9-11,15H2,1-3H3/t13-/m0/s1. The molecule has 0 saturated heterocycles. The summed E-state index contributed by atoms with van der Waals surface area (Å²) in [5.74, 6) is 0.000651. The summed E-state index contributed by atoms with van der Waals surface area (Å²) >= 11 is 0. The van der Waals surface area contributed by atoms with Gasteiger partial charge >= 0.3 is 0 Å². The molecule has 0 unspecified atom stereocenters. The smallest absolute Gasteiger partial charge is 0.239 e. The lowest BCUT2D eigenvalue weighted by molar-refractivity contribution is -0.131. The Balaban J connectivity index is 2.46. The van der Waals surface area contributed by atoms with Crippen LogP contribution in [0.1, 0.15) is 5.56 Å². The molecule has 0 aliphatic carbocycles. The van der Waals surface area contributed by atoms with Crippen molar-refractivity contribution in [2.45, 2.75) is 12.5 Å². The molecule has 0 bridgehead atoms. The van der Waals surface area contributed by atoms with E-state index in [4.69, 9.17) is 5.73 Å². The highest BCUT2D eigenvalue weighted by atomic mass is 16.2. The molecule has 1 aromatic carbocycles. The summed E-state index contributed by atoms with van der Waals surface area (Å²) in [5.41, 5.74) is 7.05. The van der Waals surface area contributed by atoms with Gasteiger partial charge in [-0.2, -0.15) is 0 Å². The largest absolute Gasteiger partial charge is 0.343 e. The maximum absolute atomic E-state index is 12.0. The summed E-state index contributed by atoms with van der Waals surface area (Å²) in [4.78, 5) is 15.8.